The number of rotatable bonds is 8. The van der Waals surface area contributed by atoms with Crippen molar-refractivity contribution < 1.29 is 9.53 Å². The number of nitrogens with one attached hydrogen (secondary N) is 2. The molecule has 0 aliphatic rings. The zero-order valence-corrected chi connectivity index (χ0v) is 15.5. The third-order valence-electron chi connectivity index (χ3n) is 4.49. The molecule has 0 aliphatic heterocycles. The molecule has 0 saturated carbocycles. The molecule has 134 valence electrons. The molecule has 0 aliphatic carbocycles. The Morgan fingerprint density at radius 2 is 1.80 bits per heavy atom. The molecule has 4 nitrogen and oxygen atoms in total. The number of carbonyl (C=O) groups is 1. The molecule has 2 rings (SSSR count). The first-order chi connectivity index (χ1) is 12.0. The van der Waals surface area contributed by atoms with Crippen molar-refractivity contribution in [3.63, 3.8) is 0 Å². The predicted molar refractivity (Wildman–Crippen MR) is 102 cm³/mol. The molecule has 2 aromatic carbocycles. The lowest BCUT2D eigenvalue weighted by Crippen LogP contribution is -2.43. The molecule has 25 heavy (non-hydrogen) atoms. The van der Waals surface area contributed by atoms with Gasteiger partial charge in [-0.05, 0) is 49.1 Å². The summed E-state index contributed by atoms with van der Waals surface area (Å²) in [6.07, 6.45) is 0.905. The first-order valence-corrected chi connectivity index (χ1v) is 8.77. The summed E-state index contributed by atoms with van der Waals surface area (Å²) in [7, 11) is 1.66. The third kappa shape index (κ3) is 5.33. The highest BCUT2D eigenvalue weighted by Gasteiger charge is 2.18. The van der Waals surface area contributed by atoms with Crippen LogP contribution in [0.15, 0.2) is 48.5 Å². The van der Waals surface area contributed by atoms with E-state index in [2.05, 4.69) is 30.5 Å². The van der Waals surface area contributed by atoms with Gasteiger partial charge in [-0.15, -0.1) is 0 Å². The molecule has 0 spiro atoms. The van der Waals surface area contributed by atoms with Crippen molar-refractivity contribution >= 4 is 5.91 Å². The maximum absolute atomic E-state index is 12.4. The van der Waals surface area contributed by atoms with Crippen LogP contribution in [0.5, 0.6) is 5.75 Å². The van der Waals surface area contributed by atoms with Crippen LogP contribution in [0.1, 0.15) is 43.0 Å². The summed E-state index contributed by atoms with van der Waals surface area (Å²) in [5.74, 6) is 0.845. The van der Waals surface area contributed by atoms with Gasteiger partial charge in [-0.1, -0.05) is 43.3 Å². The highest BCUT2D eigenvalue weighted by molar-refractivity contribution is 5.81. The molecule has 2 N–H and O–H groups in total. The number of carbonyl (C=O) groups excluding carboxylic acids is 1. The van der Waals surface area contributed by atoms with Crippen LogP contribution in [0.3, 0.4) is 0 Å². The highest BCUT2D eigenvalue weighted by Crippen LogP contribution is 2.20. The van der Waals surface area contributed by atoms with Crippen LogP contribution >= 0.6 is 0 Å². The van der Waals surface area contributed by atoms with E-state index in [1.54, 1.807) is 7.11 Å². The monoisotopic (exact) mass is 340 g/mol. The zero-order valence-electron chi connectivity index (χ0n) is 15.5. The Morgan fingerprint density at radius 1 is 1.12 bits per heavy atom. The van der Waals surface area contributed by atoms with Gasteiger partial charge in [-0.2, -0.15) is 0 Å². The van der Waals surface area contributed by atoms with E-state index in [-0.39, 0.29) is 18.0 Å². The van der Waals surface area contributed by atoms with Crippen LogP contribution < -0.4 is 15.4 Å². The molecule has 2 unspecified atom stereocenters. The largest absolute Gasteiger partial charge is 0.497 e. The Balaban J connectivity index is 1.92. The number of benzene rings is 2. The fraction of sp³-hybridized carbons (Fsp3) is 0.381. The number of amides is 1. The van der Waals surface area contributed by atoms with Crippen LogP contribution in [0, 0.1) is 6.92 Å². The van der Waals surface area contributed by atoms with Gasteiger partial charge in [0.15, 0.2) is 0 Å². The van der Waals surface area contributed by atoms with Crippen LogP contribution in [0.2, 0.25) is 0 Å². The molecule has 0 saturated heterocycles. The second kappa shape index (κ2) is 9.23. The van der Waals surface area contributed by atoms with E-state index in [1.165, 1.54) is 5.56 Å². The molecule has 0 aromatic heterocycles. The maximum atomic E-state index is 12.4. The number of ether oxygens (including phenoxy) is 1. The smallest absolute Gasteiger partial charge is 0.237 e. The Morgan fingerprint density at radius 3 is 2.40 bits per heavy atom. The minimum atomic E-state index is -0.268. The van der Waals surface area contributed by atoms with Gasteiger partial charge >= 0.3 is 0 Å². The van der Waals surface area contributed by atoms with E-state index in [4.69, 9.17) is 4.74 Å². The first-order valence-electron chi connectivity index (χ1n) is 8.77. The lowest BCUT2D eigenvalue weighted by Gasteiger charge is -2.22. The van der Waals surface area contributed by atoms with Gasteiger partial charge in [0.1, 0.15) is 5.75 Å². The zero-order chi connectivity index (χ0) is 18.2. The Labute approximate surface area is 150 Å². The quantitative estimate of drug-likeness (QED) is 0.769. The molecular weight excluding hydrogens is 312 g/mol. The van der Waals surface area contributed by atoms with Crippen LogP contribution in [-0.2, 0) is 11.3 Å². The van der Waals surface area contributed by atoms with Crippen molar-refractivity contribution in [3.05, 3.63) is 65.2 Å². The summed E-state index contributed by atoms with van der Waals surface area (Å²) < 4.78 is 5.20. The Kier molecular flexibility index (Phi) is 7.02. The molecule has 1 amide bonds. The normalized spacial score (nSPS) is 13.1. The van der Waals surface area contributed by atoms with Gasteiger partial charge in [-0.25, -0.2) is 0 Å². The van der Waals surface area contributed by atoms with E-state index in [1.807, 2.05) is 49.4 Å². The Hall–Kier alpha value is -2.33. The van der Waals surface area contributed by atoms with Crippen molar-refractivity contribution in [2.45, 2.75) is 45.8 Å². The molecular formula is C21H28N2O2. The first kappa shape index (κ1) is 19.0. The van der Waals surface area contributed by atoms with Gasteiger partial charge in [0.2, 0.25) is 5.91 Å². The molecule has 0 radical (unpaired) electrons. The minimum absolute atomic E-state index is 0.00946. The van der Waals surface area contributed by atoms with Gasteiger partial charge in [0, 0.05) is 12.6 Å². The van der Waals surface area contributed by atoms with Crippen molar-refractivity contribution in [2.24, 2.45) is 0 Å². The van der Waals surface area contributed by atoms with Crippen molar-refractivity contribution in [1.29, 1.82) is 0 Å². The highest BCUT2D eigenvalue weighted by atomic mass is 16.5. The Bertz CT molecular complexity index is 683. The average molecular weight is 340 g/mol. The molecule has 2 atom stereocenters. The average Bonchev–Trinajstić information content (AvgIpc) is 2.65. The summed E-state index contributed by atoms with van der Waals surface area (Å²) in [5, 5.41) is 6.44. The summed E-state index contributed by atoms with van der Waals surface area (Å²) in [5.41, 5.74) is 3.49. The molecule has 2 aromatic rings. The van der Waals surface area contributed by atoms with E-state index in [0.717, 1.165) is 23.3 Å². The summed E-state index contributed by atoms with van der Waals surface area (Å²) in [4.78, 5) is 12.4. The topological polar surface area (TPSA) is 50.4 Å². The standard InChI is InChI=1S/C21H28N2O2/c1-5-20(17-10-12-19(25-4)13-11-17)23-16(3)21(24)22-14-18-9-7-6-8-15(18)2/h6-13,16,20,23H,5,14H2,1-4H3,(H,22,24). The molecule has 0 heterocycles. The van der Waals surface area contributed by atoms with Crippen LogP contribution in [0.4, 0.5) is 0 Å². The fourth-order valence-electron chi connectivity index (χ4n) is 2.81. The van der Waals surface area contributed by atoms with E-state index in [9.17, 15) is 4.79 Å². The lowest BCUT2D eigenvalue weighted by atomic mass is 10.0. The van der Waals surface area contributed by atoms with Crippen molar-refractivity contribution in [3.8, 4) is 5.75 Å². The second-order valence-electron chi connectivity index (χ2n) is 6.27. The van der Waals surface area contributed by atoms with Gasteiger partial charge in [0.05, 0.1) is 13.2 Å². The van der Waals surface area contributed by atoms with E-state index >= 15 is 0 Å². The molecule has 0 fully saturated rings. The SMILES string of the molecule is CCC(NC(C)C(=O)NCc1ccccc1C)c1ccc(OC)cc1. The number of hydrogen-bond donors (Lipinski definition) is 2. The minimum Gasteiger partial charge on any atom is -0.497 e. The van der Waals surface area contributed by atoms with E-state index in [0.29, 0.717) is 6.54 Å². The summed E-state index contributed by atoms with van der Waals surface area (Å²) >= 11 is 0. The molecule has 0 bridgehead atoms. The summed E-state index contributed by atoms with van der Waals surface area (Å²) in [6, 6.07) is 15.9. The van der Waals surface area contributed by atoms with Gasteiger partial charge in [0.25, 0.3) is 0 Å². The number of methoxy groups -OCH3 is 1. The third-order valence-corrected chi connectivity index (χ3v) is 4.49. The van der Waals surface area contributed by atoms with Crippen molar-refractivity contribution in [2.75, 3.05) is 7.11 Å². The maximum Gasteiger partial charge on any atom is 0.237 e. The second-order valence-corrected chi connectivity index (χ2v) is 6.27. The van der Waals surface area contributed by atoms with Gasteiger partial charge in [-0.3, -0.25) is 10.1 Å². The molecule has 4 heteroatoms. The lowest BCUT2D eigenvalue weighted by molar-refractivity contribution is -0.123. The van der Waals surface area contributed by atoms with Crippen LogP contribution in [0.25, 0.3) is 0 Å². The summed E-state index contributed by atoms with van der Waals surface area (Å²) in [6.45, 7) is 6.62. The van der Waals surface area contributed by atoms with Crippen LogP contribution in [-0.4, -0.2) is 19.1 Å². The van der Waals surface area contributed by atoms with E-state index < -0.39 is 0 Å². The predicted octanol–water partition coefficient (Wildman–Crippen LogP) is 3.75. The van der Waals surface area contributed by atoms with Gasteiger partial charge < -0.3 is 10.1 Å². The number of aryl methyl sites for hydroxylation is 1. The number of hydrogen-bond acceptors (Lipinski definition) is 3. The van der Waals surface area contributed by atoms with Crippen molar-refractivity contribution in [1.82, 2.24) is 10.6 Å². The fourth-order valence-corrected chi connectivity index (χ4v) is 2.81.